The average molecular weight is 300 g/mol. The van der Waals surface area contributed by atoms with Gasteiger partial charge in [-0.3, -0.25) is 0 Å². The van der Waals surface area contributed by atoms with Crippen molar-refractivity contribution in [3.05, 3.63) is 53.3 Å². The molecule has 2 rings (SSSR count). The van der Waals surface area contributed by atoms with Crippen LogP contribution in [0.2, 0.25) is 0 Å². The molecule has 7 heteroatoms. The number of alkyl halides is 3. The molecule has 0 unspecified atom stereocenters. The van der Waals surface area contributed by atoms with Gasteiger partial charge in [0.2, 0.25) is 0 Å². The molecule has 0 aliphatic rings. The number of carbonyl (C=O) groups is 1. The van der Waals surface area contributed by atoms with Gasteiger partial charge < -0.3 is 10.2 Å². The highest BCUT2D eigenvalue weighted by molar-refractivity contribution is 5.89. The molecule has 0 saturated heterocycles. The van der Waals surface area contributed by atoms with Gasteiger partial charge >= 0.3 is 12.1 Å². The zero-order chi connectivity index (χ0) is 15.8. The Hall–Kier alpha value is -2.57. The molecule has 0 saturated carbocycles. The molecule has 0 bridgehead atoms. The minimum Gasteiger partial charge on any atom is -0.507 e. The molecular formula is C14H8F4O3. The second-order valence-corrected chi connectivity index (χ2v) is 4.23. The Morgan fingerprint density at radius 2 is 1.71 bits per heavy atom. The fourth-order valence-electron chi connectivity index (χ4n) is 1.82. The fraction of sp³-hybridized carbons (Fsp3) is 0.0714. The van der Waals surface area contributed by atoms with Gasteiger partial charge in [0.25, 0.3) is 0 Å². The fourth-order valence-corrected chi connectivity index (χ4v) is 1.82. The average Bonchev–Trinajstić information content (AvgIpc) is 2.36. The van der Waals surface area contributed by atoms with Gasteiger partial charge in [-0.2, -0.15) is 13.2 Å². The lowest BCUT2D eigenvalue weighted by Crippen LogP contribution is -2.07. The first-order valence-corrected chi connectivity index (χ1v) is 5.63. The number of aromatic hydroxyl groups is 1. The lowest BCUT2D eigenvalue weighted by molar-refractivity contribution is -0.139. The van der Waals surface area contributed by atoms with Crippen LogP contribution in [-0.4, -0.2) is 16.2 Å². The summed E-state index contributed by atoms with van der Waals surface area (Å²) in [5, 5.41) is 18.5. The first kappa shape index (κ1) is 14.8. The Labute approximate surface area is 116 Å². The Morgan fingerprint density at radius 1 is 1.05 bits per heavy atom. The van der Waals surface area contributed by atoms with Crippen LogP contribution in [0.25, 0.3) is 11.1 Å². The standard InChI is InChI=1S/C14H8F4O3/c15-11-5-7(2-4-10(11)14(16,17)18)9-3-1-8(13(20)21)6-12(9)19/h1-6,19H,(H,20,21). The van der Waals surface area contributed by atoms with Crippen LogP contribution in [0.4, 0.5) is 17.6 Å². The molecule has 0 radical (unpaired) electrons. The van der Waals surface area contributed by atoms with E-state index in [1.807, 2.05) is 0 Å². The third kappa shape index (κ3) is 2.96. The molecule has 0 fully saturated rings. The van der Waals surface area contributed by atoms with Crippen LogP contribution in [0.3, 0.4) is 0 Å². The number of carboxylic acid groups (broad SMARTS) is 1. The molecule has 2 aromatic rings. The highest BCUT2D eigenvalue weighted by Crippen LogP contribution is 2.35. The predicted octanol–water partition coefficient (Wildman–Crippen LogP) is 3.92. The van der Waals surface area contributed by atoms with Gasteiger partial charge in [0.15, 0.2) is 0 Å². The molecule has 0 aliphatic heterocycles. The Kier molecular flexibility index (Phi) is 3.59. The largest absolute Gasteiger partial charge is 0.507 e. The van der Waals surface area contributed by atoms with E-state index in [-0.39, 0.29) is 16.7 Å². The summed E-state index contributed by atoms with van der Waals surface area (Å²) in [4.78, 5) is 10.7. The van der Waals surface area contributed by atoms with E-state index in [4.69, 9.17) is 5.11 Å². The number of carboxylic acids is 1. The van der Waals surface area contributed by atoms with E-state index >= 15 is 0 Å². The Bertz CT molecular complexity index is 708. The molecule has 0 amide bonds. The zero-order valence-electron chi connectivity index (χ0n) is 10.3. The Morgan fingerprint density at radius 3 is 2.19 bits per heavy atom. The van der Waals surface area contributed by atoms with E-state index in [0.717, 1.165) is 18.2 Å². The van der Waals surface area contributed by atoms with Crippen molar-refractivity contribution in [2.45, 2.75) is 6.18 Å². The molecule has 0 atom stereocenters. The highest BCUT2D eigenvalue weighted by Gasteiger charge is 2.34. The third-order valence-corrected chi connectivity index (χ3v) is 2.83. The van der Waals surface area contributed by atoms with Crippen LogP contribution in [0.1, 0.15) is 15.9 Å². The van der Waals surface area contributed by atoms with Crippen molar-refractivity contribution in [1.82, 2.24) is 0 Å². The topological polar surface area (TPSA) is 57.5 Å². The molecule has 21 heavy (non-hydrogen) atoms. The summed E-state index contributed by atoms with van der Waals surface area (Å²) in [6.07, 6.45) is -4.81. The second-order valence-electron chi connectivity index (χ2n) is 4.23. The van der Waals surface area contributed by atoms with Crippen LogP contribution in [-0.2, 0) is 6.18 Å². The lowest BCUT2D eigenvalue weighted by atomic mass is 10.0. The van der Waals surface area contributed by atoms with Gasteiger partial charge in [0.1, 0.15) is 11.6 Å². The Balaban J connectivity index is 2.49. The quantitative estimate of drug-likeness (QED) is 0.827. The van der Waals surface area contributed by atoms with E-state index in [2.05, 4.69) is 0 Å². The molecule has 110 valence electrons. The van der Waals surface area contributed by atoms with Gasteiger partial charge in [-0.15, -0.1) is 0 Å². The van der Waals surface area contributed by atoms with Crippen LogP contribution in [0.5, 0.6) is 5.75 Å². The van der Waals surface area contributed by atoms with Crippen molar-refractivity contribution >= 4 is 5.97 Å². The molecule has 2 aromatic carbocycles. The van der Waals surface area contributed by atoms with E-state index < -0.39 is 29.3 Å². The summed E-state index contributed by atoms with van der Waals surface area (Å²) in [5.41, 5.74) is -1.56. The minimum absolute atomic E-state index is 0.00920. The first-order valence-electron chi connectivity index (χ1n) is 5.63. The van der Waals surface area contributed by atoms with Crippen LogP contribution in [0, 0.1) is 5.82 Å². The number of phenolic OH excluding ortho intramolecular Hbond substituents is 1. The smallest absolute Gasteiger partial charge is 0.419 e. The number of aromatic carboxylic acids is 1. The van der Waals surface area contributed by atoms with Crippen molar-refractivity contribution in [2.75, 3.05) is 0 Å². The van der Waals surface area contributed by atoms with Gasteiger partial charge in [0.05, 0.1) is 11.1 Å². The number of benzene rings is 2. The molecule has 0 aromatic heterocycles. The molecule has 0 spiro atoms. The van der Waals surface area contributed by atoms with Gasteiger partial charge in [-0.05, 0) is 35.9 Å². The molecule has 0 aliphatic carbocycles. The van der Waals surface area contributed by atoms with E-state index in [1.165, 1.54) is 6.07 Å². The monoisotopic (exact) mass is 300 g/mol. The SMILES string of the molecule is O=C(O)c1ccc(-c2ccc(C(F)(F)F)c(F)c2)c(O)c1. The summed E-state index contributed by atoms with van der Waals surface area (Å²) in [5.74, 6) is -3.20. The van der Waals surface area contributed by atoms with Gasteiger partial charge in [-0.25, -0.2) is 9.18 Å². The lowest BCUT2D eigenvalue weighted by Gasteiger charge is -2.10. The maximum Gasteiger partial charge on any atom is 0.419 e. The minimum atomic E-state index is -4.81. The predicted molar refractivity (Wildman–Crippen MR) is 65.5 cm³/mol. The maximum absolute atomic E-state index is 13.5. The summed E-state index contributed by atoms with van der Waals surface area (Å²) in [6, 6.07) is 5.50. The second kappa shape index (κ2) is 5.08. The summed E-state index contributed by atoms with van der Waals surface area (Å²) in [7, 11) is 0. The van der Waals surface area contributed by atoms with E-state index in [9.17, 15) is 27.5 Å². The molecular weight excluding hydrogens is 292 g/mol. The van der Waals surface area contributed by atoms with E-state index in [1.54, 1.807) is 0 Å². The van der Waals surface area contributed by atoms with Crippen molar-refractivity contribution in [3.8, 4) is 16.9 Å². The maximum atomic E-state index is 13.5. The number of halogens is 4. The van der Waals surface area contributed by atoms with Crippen molar-refractivity contribution in [1.29, 1.82) is 0 Å². The normalized spacial score (nSPS) is 11.4. The molecule has 3 nitrogen and oxygen atoms in total. The zero-order valence-corrected chi connectivity index (χ0v) is 10.3. The first-order chi connectivity index (χ1) is 9.70. The van der Waals surface area contributed by atoms with Crippen LogP contribution >= 0.6 is 0 Å². The van der Waals surface area contributed by atoms with Crippen molar-refractivity contribution in [3.63, 3.8) is 0 Å². The molecule has 0 heterocycles. The van der Waals surface area contributed by atoms with Crippen LogP contribution < -0.4 is 0 Å². The van der Waals surface area contributed by atoms with Crippen LogP contribution in [0.15, 0.2) is 36.4 Å². The highest BCUT2D eigenvalue weighted by atomic mass is 19.4. The van der Waals surface area contributed by atoms with Gasteiger partial charge in [-0.1, -0.05) is 6.07 Å². The summed E-state index contributed by atoms with van der Waals surface area (Å²) in [6.45, 7) is 0. The summed E-state index contributed by atoms with van der Waals surface area (Å²) < 4.78 is 50.8. The third-order valence-electron chi connectivity index (χ3n) is 2.83. The number of phenols is 1. The van der Waals surface area contributed by atoms with Crippen molar-refractivity contribution < 1.29 is 32.6 Å². The van der Waals surface area contributed by atoms with Gasteiger partial charge in [0, 0.05) is 5.56 Å². The van der Waals surface area contributed by atoms with Crippen molar-refractivity contribution in [2.24, 2.45) is 0 Å². The summed E-state index contributed by atoms with van der Waals surface area (Å²) >= 11 is 0. The molecule has 2 N–H and O–H groups in total. The van der Waals surface area contributed by atoms with E-state index in [0.29, 0.717) is 12.1 Å². The number of hydrogen-bond acceptors (Lipinski definition) is 2. The number of rotatable bonds is 2. The number of hydrogen-bond donors (Lipinski definition) is 2.